The van der Waals surface area contributed by atoms with Gasteiger partial charge in [0.2, 0.25) is 0 Å². The molecule has 7 rings (SSSR count). The van der Waals surface area contributed by atoms with E-state index in [1.807, 2.05) is 0 Å². The highest BCUT2D eigenvalue weighted by Gasteiger charge is 2.46. The average Bonchev–Trinajstić information content (AvgIpc) is 3.05. The molecule has 0 nitrogen and oxygen atoms in total. The summed E-state index contributed by atoms with van der Waals surface area (Å²) in [5.74, 6) is 0.0537. The van der Waals surface area contributed by atoms with Gasteiger partial charge in [0.1, 0.15) is 0 Å². The molecular weight excluding hydrogens is 480 g/mol. The average molecular weight is 515 g/mol. The van der Waals surface area contributed by atoms with Gasteiger partial charge in [-0.2, -0.15) is 0 Å². The van der Waals surface area contributed by atoms with Crippen molar-refractivity contribution in [2.24, 2.45) is 0 Å². The van der Waals surface area contributed by atoms with E-state index in [4.69, 9.17) is 0 Å². The molecule has 40 heavy (non-hydrogen) atoms. The summed E-state index contributed by atoms with van der Waals surface area (Å²) in [5, 5.41) is 2.81. The summed E-state index contributed by atoms with van der Waals surface area (Å²) < 4.78 is 0. The van der Waals surface area contributed by atoms with Crippen LogP contribution in [0.25, 0.3) is 10.8 Å². The molecule has 0 aromatic heterocycles. The molecular formula is C40H34. The van der Waals surface area contributed by atoms with Gasteiger partial charge in [-0.25, -0.2) is 0 Å². The van der Waals surface area contributed by atoms with Crippen LogP contribution in [-0.2, 0) is 18.3 Å². The lowest BCUT2D eigenvalue weighted by molar-refractivity contribution is 0.539. The minimum Gasteiger partial charge on any atom is -0.0622 e. The van der Waals surface area contributed by atoms with Crippen LogP contribution >= 0.6 is 0 Å². The molecule has 0 amide bonds. The third kappa shape index (κ3) is 4.07. The Kier molecular flexibility index (Phi) is 6.54. The van der Waals surface area contributed by atoms with Crippen molar-refractivity contribution in [3.8, 4) is 0 Å². The van der Waals surface area contributed by atoms with E-state index < -0.39 is 5.41 Å². The number of hydrogen-bond donors (Lipinski definition) is 0. The summed E-state index contributed by atoms with van der Waals surface area (Å²) in [5.41, 5.74) is 9.32. The topological polar surface area (TPSA) is 0 Å². The van der Waals surface area contributed by atoms with Crippen molar-refractivity contribution in [2.45, 2.75) is 37.0 Å². The maximum absolute atomic E-state index is 2.58. The van der Waals surface area contributed by atoms with Crippen molar-refractivity contribution in [3.63, 3.8) is 0 Å². The van der Waals surface area contributed by atoms with Crippen molar-refractivity contribution in [3.05, 3.63) is 191 Å². The van der Waals surface area contributed by atoms with Gasteiger partial charge in [-0.05, 0) is 75.4 Å². The fraction of sp³-hybridized carbons (Fsp3) is 0.150. The lowest BCUT2D eigenvalue weighted by Crippen LogP contribution is -2.37. The largest absolute Gasteiger partial charge is 0.0622 e. The Morgan fingerprint density at radius 1 is 0.450 bits per heavy atom. The lowest BCUT2D eigenvalue weighted by Gasteiger charge is -2.44. The van der Waals surface area contributed by atoms with E-state index in [-0.39, 0.29) is 5.92 Å². The second kappa shape index (κ2) is 10.6. The summed E-state index contributed by atoms with van der Waals surface area (Å²) >= 11 is 0. The SMILES string of the molecule is c1ccc(C(c2cc3c(c4ccccc24)CCCC3)C(c2ccccc2)(c2ccccc2)c2ccccc2)cc1. The summed E-state index contributed by atoms with van der Waals surface area (Å²) in [4.78, 5) is 0. The van der Waals surface area contributed by atoms with Gasteiger partial charge in [-0.3, -0.25) is 0 Å². The molecule has 0 saturated carbocycles. The lowest BCUT2D eigenvalue weighted by atomic mass is 9.57. The maximum Gasteiger partial charge on any atom is 0.0560 e. The van der Waals surface area contributed by atoms with Gasteiger partial charge < -0.3 is 0 Å². The highest BCUT2D eigenvalue weighted by atomic mass is 14.5. The van der Waals surface area contributed by atoms with Crippen molar-refractivity contribution in [1.82, 2.24) is 0 Å². The van der Waals surface area contributed by atoms with Gasteiger partial charge in [-0.15, -0.1) is 0 Å². The molecule has 0 fully saturated rings. The molecule has 0 N–H and O–H groups in total. The Hall–Kier alpha value is -4.42. The van der Waals surface area contributed by atoms with Crippen LogP contribution in [0.15, 0.2) is 152 Å². The van der Waals surface area contributed by atoms with Crippen LogP contribution in [0, 0.1) is 0 Å². The van der Waals surface area contributed by atoms with Gasteiger partial charge in [-0.1, -0.05) is 152 Å². The van der Waals surface area contributed by atoms with E-state index in [1.165, 1.54) is 63.4 Å². The van der Waals surface area contributed by atoms with Crippen LogP contribution in [0.5, 0.6) is 0 Å². The molecule has 1 unspecified atom stereocenters. The Morgan fingerprint density at radius 3 is 1.45 bits per heavy atom. The second-order valence-electron chi connectivity index (χ2n) is 11.1. The smallest absolute Gasteiger partial charge is 0.0560 e. The predicted molar refractivity (Wildman–Crippen MR) is 168 cm³/mol. The number of hydrogen-bond acceptors (Lipinski definition) is 0. The zero-order valence-corrected chi connectivity index (χ0v) is 22.8. The van der Waals surface area contributed by atoms with Crippen LogP contribution in [0.3, 0.4) is 0 Å². The predicted octanol–water partition coefficient (Wildman–Crippen LogP) is 9.89. The normalized spacial score (nSPS) is 14.0. The van der Waals surface area contributed by atoms with Crippen LogP contribution in [0.1, 0.15) is 57.7 Å². The molecule has 1 atom stereocenters. The number of aryl methyl sites for hydroxylation is 2. The summed E-state index contributed by atoms with van der Waals surface area (Å²) in [6.45, 7) is 0. The summed E-state index contributed by atoms with van der Waals surface area (Å²) in [7, 11) is 0. The van der Waals surface area contributed by atoms with Crippen molar-refractivity contribution in [2.75, 3.05) is 0 Å². The fourth-order valence-corrected chi connectivity index (χ4v) is 7.31. The Labute approximate surface area is 238 Å². The number of benzene rings is 6. The van der Waals surface area contributed by atoms with Gasteiger partial charge in [0, 0.05) is 5.92 Å². The first-order chi connectivity index (χ1) is 19.9. The van der Waals surface area contributed by atoms with Crippen LogP contribution in [-0.4, -0.2) is 0 Å². The van der Waals surface area contributed by atoms with E-state index in [2.05, 4.69) is 152 Å². The van der Waals surface area contributed by atoms with E-state index in [0.29, 0.717) is 0 Å². The first kappa shape index (κ1) is 24.6. The molecule has 6 aromatic rings. The van der Waals surface area contributed by atoms with Crippen LogP contribution in [0.4, 0.5) is 0 Å². The third-order valence-electron chi connectivity index (χ3n) is 8.97. The first-order valence-electron chi connectivity index (χ1n) is 14.6. The Balaban J connectivity index is 1.67. The van der Waals surface area contributed by atoms with E-state index in [1.54, 1.807) is 5.56 Å². The highest BCUT2D eigenvalue weighted by molar-refractivity contribution is 5.91. The third-order valence-corrected chi connectivity index (χ3v) is 8.97. The van der Waals surface area contributed by atoms with Crippen molar-refractivity contribution in [1.29, 1.82) is 0 Å². The molecule has 0 heterocycles. The fourth-order valence-electron chi connectivity index (χ4n) is 7.31. The molecule has 0 bridgehead atoms. The molecule has 0 radical (unpaired) electrons. The quantitative estimate of drug-likeness (QED) is 0.194. The Morgan fingerprint density at radius 2 is 0.900 bits per heavy atom. The molecule has 1 aliphatic rings. The molecule has 1 aliphatic carbocycles. The zero-order valence-electron chi connectivity index (χ0n) is 22.8. The summed E-state index contributed by atoms with van der Waals surface area (Å²) in [6, 6.07) is 56.5. The zero-order chi connectivity index (χ0) is 26.8. The summed E-state index contributed by atoms with van der Waals surface area (Å²) in [6.07, 6.45) is 4.87. The number of rotatable bonds is 6. The molecule has 0 spiro atoms. The van der Waals surface area contributed by atoms with E-state index in [0.717, 1.165) is 6.42 Å². The van der Waals surface area contributed by atoms with Crippen LogP contribution < -0.4 is 0 Å². The van der Waals surface area contributed by atoms with Gasteiger partial charge >= 0.3 is 0 Å². The maximum atomic E-state index is 2.58. The molecule has 0 aliphatic heterocycles. The minimum atomic E-state index is -0.448. The Bertz CT molecular complexity index is 1620. The molecule has 0 heteroatoms. The number of fused-ring (bicyclic) bond motifs is 3. The molecule has 194 valence electrons. The van der Waals surface area contributed by atoms with Crippen molar-refractivity contribution >= 4 is 10.8 Å². The first-order valence-corrected chi connectivity index (χ1v) is 14.6. The highest BCUT2D eigenvalue weighted by Crippen LogP contribution is 2.54. The minimum absolute atomic E-state index is 0.0537. The van der Waals surface area contributed by atoms with Gasteiger partial charge in [0.05, 0.1) is 5.41 Å². The standard InChI is InChI=1S/C40H34/c1-5-17-30(18-6-1)39(38-29-31-19-13-14-26-35(31)36-27-15-16-28-37(36)38)40(32-20-7-2-8-21-32,33-22-9-3-10-23-33)34-24-11-4-12-25-34/h1-12,15-18,20-25,27-29,39H,13-14,19,26H2. The van der Waals surface area contributed by atoms with E-state index >= 15 is 0 Å². The van der Waals surface area contributed by atoms with E-state index in [9.17, 15) is 0 Å². The van der Waals surface area contributed by atoms with Gasteiger partial charge in [0.15, 0.2) is 0 Å². The van der Waals surface area contributed by atoms with Gasteiger partial charge in [0.25, 0.3) is 0 Å². The van der Waals surface area contributed by atoms with Crippen molar-refractivity contribution < 1.29 is 0 Å². The second-order valence-corrected chi connectivity index (χ2v) is 11.1. The molecule has 0 saturated heterocycles. The monoisotopic (exact) mass is 514 g/mol. The van der Waals surface area contributed by atoms with Crippen LogP contribution in [0.2, 0.25) is 0 Å². The molecule has 6 aromatic carbocycles.